The lowest BCUT2D eigenvalue weighted by Gasteiger charge is -2.40. The molecule has 4 rings (SSSR count). The lowest BCUT2D eigenvalue weighted by Crippen LogP contribution is -2.42. The molecule has 2 atom stereocenters. The molecule has 4 heterocycles. The zero-order valence-electron chi connectivity index (χ0n) is 20.6. The van der Waals surface area contributed by atoms with Crippen molar-refractivity contribution in [2.45, 2.75) is 64.1 Å². The van der Waals surface area contributed by atoms with Crippen LogP contribution in [0.5, 0.6) is 0 Å². The van der Waals surface area contributed by atoms with Crippen molar-refractivity contribution in [2.24, 2.45) is 0 Å². The molecule has 2 unspecified atom stereocenters. The molecule has 11 heteroatoms. The van der Waals surface area contributed by atoms with Crippen molar-refractivity contribution in [3.8, 4) is 0 Å². The average Bonchev–Trinajstić information content (AvgIpc) is 3.45. The largest absolute Gasteiger partial charge is 0.333 e. The van der Waals surface area contributed by atoms with Crippen LogP contribution in [0.2, 0.25) is 0 Å². The molecule has 2 aliphatic heterocycles. The van der Waals surface area contributed by atoms with Gasteiger partial charge in [0.1, 0.15) is 22.8 Å². The summed E-state index contributed by atoms with van der Waals surface area (Å²) in [6.45, 7) is 5.40. The number of H-pyrrole nitrogens is 2. The van der Waals surface area contributed by atoms with E-state index in [1.807, 2.05) is 0 Å². The van der Waals surface area contributed by atoms with Crippen LogP contribution >= 0.6 is 0 Å². The van der Waals surface area contributed by atoms with Gasteiger partial charge in [-0.15, -0.1) is 0 Å². The maximum absolute atomic E-state index is 7.03. The monoisotopic (exact) mass is 460 g/mol. The summed E-state index contributed by atoms with van der Waals surface area (Å²) in [6, 6.07) is 0. The summed E-state index contributed by atoms with van der Waals surface area (Å²) < 4.78 is 7.03. The lowest BCUT2D eigenvalue weighted by molar-refractivity contribution is -0.172. The van der Waals surface area contributed by atoms with Gasteiger partial charge < -0.3 is 14.5 Å². The van der Waals surface area contributed by atoms with Crippen LogP contribution in [0.4, 0.5) is 0 Å². The van der Waals surface area contributed by atoms with Crippen molar-refractivity contribution in [1.29, 1.82) is 0 Å². The number of hydrogen-bond donors (Lipinski definition) is 2. The van der Waals surface area contributed by atoms with Gasteiger partial charge in [-0.1, -0.05) is 12.8 Å². The fraction of sp³-hybridized carbons (Fsp3) is 0.818. The highest BCUT2D eigenvalue weighted by Crippen LogP contribution is 2.35. The summed E-state index contributed by atoms with van der Waals surface area (Å²) in [7, 11) is 8.20. The van der Waals surface area contributed by atoms with Gasteiger partial charge in [-0.2, -0.15) is 30.8 Å². The summed E-state index contributed by atoms with van der Waals surface area (Å²) in [5, 5.41) is 23.9. The second-order valence-electron chi connectivity index (χ2n) is 9.82. The molecule has 0 saturated carbocycles. The molecule has 2 fully saturated rings. The van der Waals surface area contributed by atoms with Gasteiger partial charge in [0, 0.05) is 39.3 Å². The number of aromatic nitrogens is 6. The molecule has 2 aromatic rings. The minimum Gasteiger partial charge on any atom is -0.333 e. The second-order valence-corrected chi connectivity index (χ2v) is 9.82. The first-order valence-corrected chi connectivity index (χ1v) is 12.2. The Kier molecular flexibility index (Phi) is 8.42. The first-order valence-electron chi connectivity index (χ1n) is 12.2. The Morgan fingerprint density at radius 2 is 1.06 bits per heavy atom. The standard InChI is InChI=1S/C22H40N10O/c1-29(2)15-17-19(25-27-23-17)21(31-11-7-5-8-12-31)33-22(32-13-9-6-10-14-32)20-18(16-30(3)4)24-28-26-20/h21-22H,5-16H2,1-4H3,(H,23,25,27)(H,24,26,28). The molecule has 0 aromatic carbocycles. The molecular formula is C22H40N10O. The van der Waals surface area contributed by atoms with Crippen LogP contribution in [0.25, 0.3) is 0 Å². The fourth-order valence-corrected chi connectivity index (χ4v) is 4.82. The fourth-order valence-electron chi connectivity index (χ4n) is 4.82. The van der Waals surface area contributed by atoms with Crippen molar-refractivity contribution < 1.29 is 4.74 Å². The maximum atomic E-state index is 7.03. The molecule has 2 saturated heterocycles. The first kappa shape index (κ1) is 24.2. The van der Waals surface area contributed by atoms with Crippen LogP contribution in [0.3, 0.4) is 0 Å². The zero-order chi connectivity index (χ0) is 23.2. The topological polar surface area (TPSA) is 105 Å². The third-order valence-corrected chi connectivity index (χ3v) is 6.40. The van der Waals surface area contributed by atoms with E-state index >= 15 is 0 Å². The Hall–Kier alpha value is -1.92. The Labute approximate surface area is 196 Å². The molecule has 0 radical (unpaired) electrons. The van der Waals surface area contributed by atoms with Gasteiger partial charge in [0.2, 0.25) is 0 Å². The smallest absolute Gasteiger partial charge is 0.160 e. The number of ether oxygens (including phenoxy) is 1. The summed E-state index contributed by atoms with van der Waals surface area (Å²) in [4.78, 5) is 9.07. The molecule has 0 aliphatic carbocycles. The van der Waals surface area contributed by atoms with Crippen molar-refractivity contribution in [3.63, 3.8) is 0 Å². The zero-order valence-corrected chi connectivity index (χ0v) is 20.6. The van der Waals surface area contributed by atoms with E-state index in [4.69, 9.17) is 4.74 Å². The predicted molar refractivity (Wildman–Crippen MR) is 125 cm³/mol. The highest BCUT2D eigenvalue weighted by molar-refractivity contribution is 5.15. The second kappa shape index (κ2) is 11.5. The van der Waals surface area contributed by atoms with Crippen molar-refractivity contribution >= 4 is 0 Å². The summed E-state index contributed by atoms with van der Waals surface area (Å²) in [5.41, 5.74) is 3.62. The van der Waals surface area contributed by atoms with Gasteiger partial charge in [-0.05, 0) is 53.9 Å². The van der Waals surface area contributed by atoms with E-state index in [0.29, 0.717) is 13.1 Å². The molecule has 184 valence electrons. The molecule has 11 nitrogen and oxygen atoms in total. The van der Waals surface area contributed by atoms with Gasteiger partial charge in [0.15, 0.2) is 12.5 Å². The van der Waals surface area contributed by atoms with Gasteiger partial charge in [-0.25, -0.2) is 0 Å². The van der Waals surface area contributed by atoms with Crippen LogP contribution in [-0.4, -0.2) is 105 Å². The van der Waals surface area contributed by atoms with Crippen LogP contribution in [0.1, 0.15) is 73.8 Å². The number of rotatable bonds is 10. The van der Waals surface area contributed by atoms with E-state index in [1.165, 1.54) is 38.5 Å². The average molecular weight is 461 g/mol. The molecule has 0 bridgehead atoms. The number of aromatic amines is 2. The van der Waals surface area contributed by atoms with E-state index in [9.17, 15) is 0 Å². The van der Waals surface area contributed by atoms with Crippen LogP contribution in [0, 0.1) is 0 Å². The normalized spacial score (nSPS) is 20.5. The van der Waals surface area contributed by atoms with E-state index in [1.54, 1.807) is 0 Å². The first-order chi connectivity index (χ1) is 16.0. The van der Waals surface area contributed by atoms with Crippen LogP contribution in [0.15, 0.2) is 0 Å². The Morgan fingerprint density at radius 1 is 0.667 bits per heavy atom. The van der Waals surface area contributed by atoms with Gasteiger partial charge in [0.05, 0.1) is 0 Å². The van der Waals surface area contributed by atoms with Gasteiger partial charge >= 0.3 is 0 Å². The Bertz CT molecular complexity index is 770. The quantitative estimate of drug-likeness (QED) is 0.548. The van der Waals surface area contributed by atoms with E-state index < -0.39 is 0 Å². The van der Waals surface area contributed by atoms with Crippen molar-refractivity contribution in [2.75, 3.05) is 54.4 Å². The number of likely N-dealkylation sites (tertiary alicyclic amines) is 2. The Morgan fingerprint density at radius 3 is 1.42 bits per heavy atom. The van der Waals surface area contributed by atoms with Crippen molar-refractivity contribution in [1.82, 2.24) is 50.4 Å². The highest BCUT2D eigenvalue weighted by Gasteiger charge is 2.36. The molecular weight excluding hydrogens is 420 g/mol. The van der Waals surface area contributed by atoms with Gasteiger partial charge in [0.25, 0.3) is 0 Å². The number of piperidine rings is 2. The SMILES string of the molecule is CN(C)Cc1n[nH]nc1C(OC(c1n[nH]nc1CN(C)C)N1CCCCC1)N1CCCCC1. The molecule has 33 heavy (non-hydrogen) atoms. The van der Waals surface area contributed by atoms with Crippen molar-refractivity contribution in [3.05, 3.63) is 22.8 Å². The maximum Gasteiger partial charge on any atom is 0.160 e. The minimum absolute atomic E-state index is 0.283. The lowest BCUT2D eigenvalue weighted by atomic mass is 10.1. The number of hydrogen-bond acceptors (Lipinski definition) is 9. The molecule has 2 aliphatic rings. The third kappa shape index (κ3) is 6.15. The Balaban J connectivity index is 1.68. The minimum atomic E-state index is -0.283. The molecule has 2 N–H and O–H groups in total. The molecule has 2 aromatic heterocycles. The summed E-state index contributed by atoms with van der Waals surface area (Å²) >= 11 is 0. The van der Waals surface area contributed by atoms with Gasteiger partial charge in [-0.3, -0.25) is 9.80 Å². The third-order valence-electron chi connectivity index (χ3n) is 6.40. The predicted octanol–water partition coefficient (Wildman–Crippen LogP) is 1.73. The van der Waals surface area contributed by atoms with Crippen LogP contribution in [-0.2, 0) is 17.8 Å². The highest BCUT2D eigenvalue weighted by atomic mass is 16.5. The van der Waals surface area contributed by atoms with E-state index in [-0.39, 0.29) is 12.5 Å². The number of nitrogens with zero attached hydrogens (tertiary/aromatic N) is 8. The molecule has 0 amide bonds. The van der Waals surface area contributed by atoms with E-state index in [0.717, 1.165) is 49.0 Å². The van der Waals surface area contributed by atoms with E-state index in [2.05, 4.69) is 78.6 Å². The van der Waals surface area contributed by atoms with Crippen LogP contribution < -0.4 is 0 Å². The molecule has 0 spiro atoms. The number of nitrogens with one attached hydrogen (secondary N) is 2. The summed E-state index contributed by atoms with van der Waals surface area (Å²) in [5.74, 6) is 0. The summed E-state index contributed by atoms with van der Waals surface area (Å²) in [6.07, 6.45) is 6.65.